The van der Waals surface area contributed by atoms with E-state index >= 15 is 0 Å². The molecule has 2 fully saturated rings. The third-order valence-electron chi connectivity index (χ3n) is 6.68. The molecule has 0 radical (unpaired) electrons. The minimum atomic E-state index is -4.60. The van der Waals surface area contributed by atoms with Crippen LogP contribution in [0.3, 0.4) is 0 Å². The first-order chi connectivity index (χ1) is 15.9. The molecule has 3 N–H and O–H groups in total. The first-order valence-electron chi connectivity index (χ1n) is 11.1. The van der Waals surface area contributed by atoms with Gasteiger partial charge in [0.25, 0.3) is 5.91 Å². The van der Waals surface area contributed by atoms with E-state index in [2.05, 4.69) is 15.2 Å². The maximum atomic E-state index is 13.2. The first kappa shape index (κ1) is 24.3. The normalized spacial score (nSPS) is 23.0. The van der Waals surface area contributed by atoms with Gasteiger partial charge in [-0.05, 0) is 69.4 Å². The first-order valence-corrected chi connectivity index (χ1v) is 11.5. The molecular weight excluding hydrogens is 469 g/mol. The second kappa shape index (κ2) is 8.76. The number of rotatable bonds is 5. The van der Waals surface area contributed by atoms with Crippen LogP contribution in [0.2, 0.25) is 5.02 Å². The van der Waals surface area contributed by atoms with E-state index in [0.717, 1.165) is 23.4 Å². The van der Waals surface area contributed by atoms with Gasteiger partial charge < -0.3 is 16.0 Å². The number of carbonyl (C=O) groups excluding carboxylic acids is 2. The average Bonchev–Trinajstić information content (AvgIpc) is 3.60. The Kier molecular flexibility index (Phi) is 6.27. The zero-order valence-electron chi connectivity index (χ0n) is 18.9. The molecule has 182 valence electrons. The number of anilines is 1. The molecule has 0 unspecified atom stereocenters. The Balaban J connectivity index is 1.59. The SMILES string of the molecule is Cc1ccc(Cl)cc1N1CC[C@](NC(=O)c2ccc(C(F)(F)F)nc2C2CC2)(C(N)=O)C[C@@H]1C. The summed E-state index contributed by atoms with van der Waals surface area (Å²) in [5.41, 5.74) is 5.53. The fraction of sp³-hybridized carbons (Fsp3) is 0.458. The summed E-state index contributed by atoms with van der Waals surface area (Å²) >= 11 is 6.18. The molecule has 2 aromatic rings. The lowest BCUT2D eigenvalue weighted by Gasteiger charge is -2.45. The highest BCUT2D eigenvalue weighted by atomic mass is 35.5. The molecule has 2 atom stereocenters. The second-order valence-corrected chi connectivity index (χ2v) is 9.67. The van der Waals surface area contributed by atoms with Crippen molar-refractivity contribution in [3.63, 3.8) is 0 Å². The van der Waals surface area contributed by atoms with Crippen molar-refractivity contribution in [3.8, 4) is 0 Å². The van der Waals surface area contributed by atoms with Crippen LogP contribution >= 0.6 is 11.6 Å². The van der Waals surface area contributed by atoms with Gasteiger partial charge in [0, 0.05) is 29.2 Å². The van der Waals surface area contributed by atoms with E-state index in [4.69, 9.17) is 17.3 Å². The van der Waals surface area contributed by atoms with Gasteiger partial charge in [0.15, 0.2) is 0 Å². The van der Waals surface area contributed by atoms with Crippen molar-refractivity contribution in [1.29, 1.82) is 0 Å². The zero-order valence-corrected chi connectivity index (χ0v) is 19.6. The number of piperidine rings is 1. The topological polar surface area (TPSA) is 88.3 Å². The number of aromatic nitrogens is 1. The van der Waals surface area contributed by atoms with Crippen LogP contribution in [0, 0.1) is 6.92 Å². The summed E-state index contributed by atoms with van der Waals surface area (Å²) in [4.78, 5) is 31.7. The highest BCUT2D eigenvalue weighted by Crippen LogP contribution is 2.42. The highest BCUT2D eigenvalue weighted by Gasteiger charge is 2.45. The number of carbonyl (C=O) groups is 2. The molecule has 0 bridgehead atoms. The molecule has 2 amide bonds. The second-order valence-electron chi connectivity index (χ2n) is 9.23. The van der Waals surface area contributed by atoms with E-state index in [9.17, 15) is 22.8 Å². The summed E-state index contributed by atoms with van der Waals surface area (Å²) in [6.45, 7) is 4.33. The third kappa shape index (κ3) is 4.71. The van der Waals surface area contributed by atoms with Gasteiger partial charge in [-0.2, -0.15) is 13.2 Å². The molecule has 2 aliphatic rings. The number of nitrogens with two attached hydrogens (primary N) is 1. The minimum absolute atomic E-state index is 0.0527. The number of aryl methyl sites for hydroxylation is 1. The summed E-state index contributed by atoms with van der Waals surface area (Å²) in [5.74, 6) is -1.51. The van der Waals surface area contributed by atoms with Gasteiger partial charge in [-0.25, -0.2) is 4.98 Å². The van der Waals surface area contributed by atoms with Gasteiger partial charge in [0.1, 0.15) is 11.2 Å². The minimum Gasteiger partial charge on any atom is -0.368 e. The Labute approximate surface area is 200 Å². The van der Waals surface area contributed by atoms with Crippen LogP contribution < -0.4 is 16.0 Å². The molecule has 1 aromatic carbocycles. The van der Waals surface area contributed by atoms with E-state index in [1.54, 1.807) is 6.07 Å². The molecule has 10 heteroatoms. The number of amides is 2. The van der Waals surface area contributed by atoms with Crippen molar-refractivity contribution >= 4 is 29.1 Å². The lowest BCUT2D eigenvalue weighted by molar-refractivity contribution is -0.141. The lowest BCUT2D eigenvalue weighted by Crippen LogP contribution is -2.64. The standard InChI is InChI=1S/C24H26ClF3N4O2/c1-13-3-6-16(25)11-18(13)32-10-9-23(22(29)34,12-14(32)2)31-21(33)17-7-8-19(24(26,27)28)30-20(17)15-4-5-15/h3,6-8,11,14-15H,4-5,9-10,12H2,1-2H3,(H2,29,34)(H,31,33)/t14-,23+/m0/s1. The predicted octanol–water partition coefficient (Wildman–Crippen LogP) is 4.58. The Morgan fingerprint density at radius 2 is 1.94 bits per heavy atom. The van der Waals surface area contributed by atoms with Gasteiger partial charge >= 0.3 is 6.18 Å². The largest absolute Gasteiger partial charge is 0.433 e. The number of nitrogens with one attached hydrogen (secondary N) is 1. The Bertz CT molecular complexity index is 1140. The molecule has 2 heterocycles. The van der Waals surface area contributed by atoms with Crippen LogP contribution in [-0.4, -0.2) is 34.9 Å². The maximum Gasteiger partial charge on any atom is 0.433 e. The van der Waals surface area contributed by atoms with E-state index in [1.807, 2.05) is 26.0 Å². The van der Waals surface area contributed by atoms with Crippen molar-refractivity contribution in [2.45, 2.75) is 63.2 Å². The van der Waals surface area contributed by atoms with Gasteiger partial charge in [-0.3, -0.25) is 9.59 Å². The summed E-state index contributed by atoms with van der Waals surface area (Å²) in [6.07, 6.45) is -2.78. The average molecular weight is 495 g/mol. The molecule has 4 rings (SSSR count). The molecule has 1 aliphatic carbocycles. The highest BCUT2D eigenvalue weighted by molar-refractivity contribution is 6.30. The Hall–Kier alpha value is -2.81. The van der Waals surface area contributed by atoms with Gasteiger partial charge in [0.2, 0.25) is 5.91 Å². The summed E-state index contributed by atoms with van der Waals surface area (Å²) in [6, 6.07) is 7.36. The monoisotopic (exact) mass is 494 g/mol. The molecule has 1 saturated carbocycles. The van der Waals surface area contributed by atoms with E-state index < -0.39 is 29.2 Å². The van der Waals surface area contributed by atoms with E-state index in [-0.39, 0.29) is 36.1 Å². The molecule has 34 heavy (non-hydrogen) atoms. The Morgan fingerprint density at radius 3 is 2.53 bits per heavy atom. The number of pyridine rings is 1. The summed E-state index contributed by atoms with van der Waals surface area (Å²) in [7, 11) is 0. The molecule has 1 saturated heterocycles. The van der Waals surface area contributed by atoms with Gasteiger partial charge in [-0.15, -0.1) is 0 Å². The summed E-state index contributed by atoms with van der Waals surface area (Å²) < 4.78 is 39.5. The van der Waals surface area contributed by atoms with Crippen molar-refractivity contribution in [2.75, 3.05) is 11.4 Å². The predicted molar refractivity (Wildman–Crippen MR) is 123 cm³/mol. The van der Waals surface area contributed by atoms with E-state index in [0.29, 0.717) is 24.4 Å². The number of alkyl halides is 3. The maximum absolute atomic E-state index is 13.2. The molecule has 0 spiro atoms. The molecule has 6 nitrogen and oxygen atoms in total. The number of hydrogen-bond donors (Lipinski definition) is 2. The van der Waals surface area contributed by atoms with Gasteiger partial charge in [-0.1, -0.05) is 17.7 Å². The number of primary amides is 1. The third-order valence-corrected chi connectivity index (χ3v) is 6.92. The quantitative estimate of drug-likeness (QED) is 0.636. The van der Waals surface area contributed by atoms with Crippen LogP contribution in [0.1, 0.15) is 65.8 Å². The van der Waals surface area contributed by atoms with Crippen molar-refractivity contribution in [2.24, 2.45) is 5.73 Å². The fourth-order valence-electron chi connectivity index (χ4n) is 4.67. The zero-order chi connectivity index (χ0) is 24.8. The summed E-state index contributed by atoms with van der Waals surface area (Å²) in [5, 5.41) is 3.36. The molecule has 1 aromatic heterocycles. The Morgan fingerprint density at radius 1 is 1.24 bits per heavy atom. The molecule has 1 aliphatic heterocycles. The van der Waals surface area contributed by atoms with E-state index in [1.165, 1.54) is 0 Å². The van der Waals surface area contributed by atoms with Crippen LogP contribution in [0.4, 0.5) is 18.9 Å². The van der Waals surface area contributed by atoms with Crippen molar-refractivity contribution < 1.29 is 22.8 Å². The molecular formula is C24H26ClF3N4O2. The van der Waals surface area contributed by atoms with Crippen molar-refractivity contribution in [1.82, 2.24) is 10.3 Å². The van der Waals surface area contributed by atoms with Crippen LogP contribution in [0.15, 0.2) is 30.3 Å². The number of benzene rings is 1. The number of hydrogen-bond acceptors (Lipinski definition) is 4. The van der Waals surface area contributed by atoms with Crippen molar-refractivity contribution in [3.05, 3.63) is 57.9 Å². The smallest absolute Gasteiger partial charge is 0.368 e. The van der Waals surface area contributed by atoms with Crippen LogP contribution in [0.5, 0.6) is 0 Å². The van der Waals surface area contributed by atoms with Crippen LogP contribution in [0.25, 0.3) is 0 Å². The lowest BCUT2D eigenvalue weighted by atomic mass is 9.82. The number of halogens is 4. The number of nitrogens with zero attached hydrogens (tertiary/aromatic N) is 2. The van der Waals surface area contributed by atoms with Gasteiger partial charge in [0.05, 0.1) is 11.3 Å². The van der Waals surface area contributed by atoms with Crippen LogP contribution in [-0.2, 0) is 11.0 Å². The fourth-order valence-corrected chi connectivity index (χ4v) is 4.84.